The monoisotopic (exact) mass is 492 g/mol. The molecule has 0 aromatic heterocycles. The highest BCUT2D eigenvalue weighted by atomic mass is 16.6. The first kappa shape index (κ1) is 25.7. The molecule has 0 spiro atoms. The lowest BCUT2D eigenvalue weighted by atomic mass is 10.0. The highest BCUT2D eigenvalue weighted by Gasteiger charge is 2.22. The number of esters is 1. The summed E-state index contributed by atoms with van der Waals surface area (Å²) in [6.45, 7) is 1.69. The van der Waals surface area contributed by atoms with Crippen molar-refractivity contribution in [3.63, 3.8) is 0 Å². The molecule has 0 amide bonds. The van der Waals surface area contributed by atoms with Crippen molar-refractivity contribution in [1.82, 2.24) is 0 Å². The minimum absolute atomic E-state index is 0.00176. The zero-order valence-electron chi connectivity index (χ0n) is 19.1. The van der Waals surface area contributed by atoms with Crippen molar-refractivity contribution in [2.45, 2.75) is 19.4 Å². The number of hydrogen-bond acceptors (Lipinski definition) is 8. The third-order valence-electron chi connectivity index (χ3n) is 5.30. The standard InChI is InChI=1S/C27H24O9/c1-15-2-3-17(13-22(15)30)14-24(27(34)35)36-25(32)11-7-18-6-10-21(29)26(33)19(18)8-4-16-5-9-20(28)23(31)12-16/h2-13,24,28-31,33H,14H2,1H3,(H,34,35)/b8-4+,11-7+/t24-/m1/s1. The van der Waals surface area contributed by atoms with Crippen LogP contribution in [0.15, 0.2) is 54.6 Å². The van der Waals surface area contributed by atoms with Crippen LogP contribution in [0.25, 0.3) is 18.2 Å². The molecule has 3 aromatic rings. The van der Waals surface area contributed by atoms with E-state index in [0.29, 0.717) is 22.3 Å². The molecule has 0 radical (unpaired) electrons. The molecule has 1 atom stereocenters. The number of carboxylic acid groups (broad SMARTS) is 1. The van der Waals surface area contributed by atoms with Crippen molar-refractivity contribution in [3.8, 4) is 28.7 Å². The summed E-state index contributed by atoms with van der Waals surface area (Å²) in [5.74, 6) is -3.83. The maximum Gasteiger partial charge on any atom is 0.345 e. The zero-order chi connectivity index (χ0) is 26.4. The van der Waals surface area contributed by atoms with E-state index < -0.39 is 29.5 Å². The van der Waals surface area contributed by atoms with Gasteiger partial charge in [0, 0.05) is 18.1 Å². The molecule has 0 saturated heterocycles. The molecule has 36 heavy (non-hydrogen) atoms. The Labute approximate surface area is 206 Å². The Morgan fingerprint density at radius 1 is 0.833 bits per heavy atom. The van der Waals surface area contributed by atoms with Crippen LogP contribution in [0.4, 0.5) is 0 Å². The molecule has 9 heteroatoms. The van der Waals surface area contributed by atoms with Crippen LogP contribution in [0.1, 0.15) is 27.8 Å². The zero-order valence-corrected chi connectivity index (χ0v) is 19.1. The summed E-state index contributed by atoms with van der Waals surface area (Å²) < 4.78 is 5.07. The Morgan fingerprint density at radius 2 is 1.56 bits per heavy atom. The molecule has 6 N–H and O–H groups in total. The van der Waals surface area contributed by atoms with Crippen LogP contribution in [-0.4, -0.2) is 48.7 Å². The highest BCUT2D eigenvalue weighted by molar-refractivity contribution is 5.91. The fourth-order valence-electron chi connectivity index (χ4n) is 3.27. The van der Waals surface area contributed by atoms with Crippen LogP contribution in [0.2, 0.25) is 0 Å². The van der Waals surface area contributed by atoms with Gasteiger partial charge in [0.25, 0.3) is 0 Å². The van der Waals surface area contributed by atoms with E-state index in [-0.39, 0.29) is 29.2 Å². The number of rotatable bonds is 8. The quantitative estimate of drug-likeness (QED) is 0.118. The minimum Gasteiger partial charge on any atom is -0.508 e. The molecule has 0 fully saturated rings. The van der Waals surface area contributed by atoms with Crippen LogP contribution >= 0.6 is 0 Å². The lowest BCUT2D eigenvalue weighted by Gasteiger charge is -2.13. The van der Waals surface area contributed by atoms with E-state index in [4.69, 9.17) is 4.74 Å². The SMILES string of the molecule is Cc1ccc(C[C@@H](OC(=O)/C=C/c2ccc(O)c(O)c2/C=C/c2ccc(O)c(O)c2)C(=O)O)cc1O. The minimum atomic E-state index is -1.50. The predicted octanol–water partition coefficient (Wildman–Crippen LogP) is 3.95. The van der Waals surface area contributed by atoms with Crippen LogP contribution < -0.4 is 0 Å². The number of hydrogen-bond donors (Lipinski definition) is 6. The second-order valence-corrected chi connectivity index (χ2v) is 7.94. The molecular formula is C27H24O9. The van der Waals surface area contributed by atoms with Gasteiger partial charge in [-0.3, -0.25) is 0 Å². The van der Waals surface area contributed by atoms with Gasteiger partial charge in [0.1, 0.15) is 5.75 Å². The highest BCUT2D eigenvalue weighted by Crippen LogP contribution is 2.34. The first-order chi connectivity index (χ1) is 17.0. The second-order valence-electron chi connectivity index (χ2n) is 7.94. The van der Waals surface area contributed by atoms with Gasteiger partial charge in [-0.1, -0.05) is 30.3 Å². The van der Waals surface area contributed by atoms with Gasteiger partial charge in [-0.25, -0.2) is 9.59 Å². The number of aliphatic carboxylic acids is 1. The van der Waals surface area contributed by atoms with Crippen LogP contribution in [0.3, 0.4) is 0 Å². The lowest BCUT2D eigenvalue weighted by Crippen LogP contribution is -2.28. The van der Waals surface area contributed by atoms with Crippen LogP contribution in [0.5, 0.6) is 28.7 Å². The van der Waals surface area contributed by atoms with Crippen molar-refractivity contribution in [2.75, 3.05) is 0 Å². The van der Waals surface area contributed by atoms with Crippen LogP contribution in [0, 0.1) is 6.92 Å². The molecule has 0 aliphatic rings. The largest absolute Gasteiger partial charge is 0.508 e. The van der Waals surface area contributed by atoms with Crippen molar-refractivity contribution < 1.29 is 45.0 Å². The Bertz CT molecular complexity index is 1360. The van der Waals surface area contributed by atoms with Gasteiger partial charge in [0.2, 0.25) is 6.10 Å². The van der Waals surface area contributed by atoms with E-state index >= 15 is 0 Å². The van der Waals surface area contributed by atoms with E-state index in [1.165, 1.54) is 54.6 Å². The molecule has 0 unspecified atom stereocenters. The van der Waals surface area contributed by atoms with Crippen molar-refractivity contribution in [3.05, 3.63) is 82.4 Å². The van der Waals surface area contributed by atoms with E-state index in [1.807, 2.05) is 0 Å². The number of ether oxygens (including phenoxy) is 1. The molecule has 0 saturated carbocycles. The number of phenolic OH excluding ortho intramolecular Hbond substituents is 5. The average Bonchev–Trinajstić information content (AvgIpc) is 2.83. The Balaban J connectivity index is 1.79. The molecule has 0 aliphatic heterocycles. The molecule has 0 heterocycles. The van der Waals surface area contributed by atoms with Gasteiger partial charge in [-0.15, -0.1) is 0 Å². The second kappa shape index (κ2) is 11.0. The smallest absolute Gasteiger partial charge is 0.345 e. The number of carbonyl (C=O) groups excluding carboxylic acids is 1. The van der Waals surface area contributed by atoms with Crippen molar-refractivity contribution in [2.24, 2.45) is 0 Å². The first-order valence-electron chi connectivity index (χ1n) is 10.7. The summed E-state index contributed by atoms with van der Waals surface area (Å²) in [4.78, 5) is 24.0. The van der Waals surface area contributed by atoms with E-state index in [9.17, 15) is 40.2 Å². The van der Waals surface area contributed by atoms with E-state index in [2.05, 4.69) is 0 Å². The number of benzene rings is 3. The van der Waals surface area contributed by atoms with E-state index in [0.717, 1.165) is 6.08 Å². The van der Waals surface area contributed by atoms with Gasteiger partial charge >= 0.3 is 11.9 Å². The molecule has 3 rings (SSSR count). The Kier molecular flexibility index (Phi) is 7.85. The van der Waals surface area contributed by atoms with Gasteiger partial charge < -0.3 is 35.4 Å². The molecule has 0 bridgehead atoms. The van der Waals surface area contributed by atoms with Crippen molar-refractivity contribution in [1.29, 1.82) is 0 Å². The topological polar surface area (TPSA) is 165 Å². The number of carboxylic acids is 1. The third kappa shape index (κ3) is 6.35. The molecule has 0 aliphatic carbocycles. The van der Waals surface area contributed by atoms with Crippen molar-refractivity contribution >= 4 is 30.2 Å². The Hall–Kier alpha value is -4.92. The summed E-state index contributed by atoms with van der Waals surface area (Å²) in [6.07, 6.45) is 3.54. The maximum atomic E-state index is 12.4. The molecule has 186 valence electrons. The molecule has 3 aromatic carbocycles. The summed E-state index contributed by atoms with van der Waals surface area (Å²) in [5.41, 5.74) is 2.01. The number of carbonyl (C=O) groups is 2. The van der Waals surface area contributed by atoms with Gasteiger partial charge in [-0.2, -0.15) is 0 Å². The predicted molar refractivity (Wildman–Crippen MR) is 132 cm³/mol. The van der Waals surface area contributed by atoms with Gasteiger partial charge in [0.05, 0.1) is 0 Å². The summed E-state index contributed by atoms with van der Waals surface area (Å²) >= 11 is 0. The number of aromatic hydroxyl groups is 5. The fourth-order valence-corrected chi connectivity index (χ4v) is 3.27. The molecular weight excluding hydrogens is 468 g/mol. The fraction of sp³-hybridized carbons (Fsp3) is 0.111. The third-order valence-corrected chi connectivity index (χ3v) is 5.30. The van der Waals surface area contributed by atoms with Gasteiger partial charge in [0.15, 0.2) is 23.0 Å². The number of aryl methyl sites for hydroxylation is 1. The summed E-state index contributed by atoms with van der Waals surface area (Å²) in [5, 5.41) is 58.5. The molecule has 9 nitrogen and oxygen atoms in total. The van der Waals surface area contributed by atoms with E-state index in [1.54, 1.807) is 19.1 Å². The van der Waals surface area contributed by atoms with Crippen LogP contribution in [-0.2, 0) is 20.7 Å². The number of phenols is 5. The Morgan fingerprint density at radius 3 is 2.22 bits per heavy atom. The summed E-state index contributed by atoms with van der Waals surface area (Å²) in [6, 6.07) is 11.4. The summed E-state index contributed by atoms with van der Waals surface area (Å²) in [7, 11) is 0. The first-order valence-corrected chi connectivity index (χ1v) is 10.7. The average molecular weight is 492 g/mol. The normalized spacial score (nSPS) is 12.1. The van der Waals surface area contributed by atoms with Gasteiger partial charge in [-0.05, 0) is 65.6 Å². The maximum absolute atomic E-state index is 12.4. The lowest BCUT2D eigenvalue weighted by molar-refractivity contribution is -0.160.